The molecule has 0 heterocycles. The van der Waals surface area contributed by atoms with Crippen molar-refractivity contribution in [2.75, 3.05) is 0 Å². The number of hydrogen-bond acceptors (Lipinski definition) is 1. The van der Waals surface area contributed by atoms with Crippen LogP contribution >= 0.6 is 0 Å². The molecule has 0 spiro atoms. The minimum absolute atomic E-state index is 0.503. The van der Waals surface area contributed by atoms with Gasteiger partial charge in [-0.1, -0.05) is 51.9 Å². The van der Waals surface area contributed by atoms with Crippen molar-refractivity contribution < 1.29 is 4.79 Å². The molecule has 1 aliphatic carbocycles. The minimum atomic E-state index is 0.503. The molecular weight excluding hydrogens is 184 g/mol. The van der Waals surface area contributed by atoms with Crippen LogP contribution in [0.4, 0.5) is 0 Å². The van der Waals surface area contributed by atoms with Crippen LogP contribution < -0.4 is 0 Å². The second-order valence-corrected chi connectivity index (χ2v) is 5.01. The fourth-order valence-corrected chi connectivity index (χ4v) is 2.54. The molecule has 0 radical (unpaired) electrons. The van der Waals surface area contributed by atoms with E-state index in [2.05, 4.69) is 6.92 Å². The second kappa shape index (κ2) is 7.90. The van der Waals surface area contributed by atoms with E-state index >= 15 is 0 Å². The van der Waals surface area contributed by atoms with E-state index in [-0.39, 0.29) is 0 Å². The number of hydrogen-bond donors (Lipinski definition) is 0. The quantitative estimate of drug-likeness (QED) is 0.623. The molecule has 0 saturated heterocycles. The normalized spacial score (nSPS) is 26.7. The molecule has 0 aliphatic heterocycles. The van der Waals surface area contributed by atoms with E-state index in [1.165, 1.54) is 44.9 Å². The predicted molar refractivity (Wildman–Crippen MR) is 65.0 cm³/mol. The zero-order chi connectivity index (χ0) is 10.9. The van der Waals surface area contributed by atoms with E-state index in [0.29, 0.717) is 5.78 Å². The molecule has 0 aromatic heterocycles. The summed E-state index contributed by atoms with van der Waals surface area (Å²) in [7, 11) is 0. The third-order valence-corrected chi connectivity index (χ3v) is 3.71. The third kappa shape index (κ3) is 5.96. The molecule has 1 rings (SSSR count). The van der Waals surface area contributed by atoms with Crippen molar-refractivity contribution in [3.8, 4) is 0 Å². The van der Waals surface area contributed by atoms with Crippen LogP contribution in [0.1, 0.15) is 77.6 Å². The lowest BCUT2D eigenvalue weighted by Crippen LogP contribution is -2.03. The van der Waals surface area contributed by atoms with E-state index < -0.39 is 0 Å². The van der Waals surface area contributed by atoms with Gasteiger partial charge >= 0.3 is 0 Å². The first-order valence-corrected chi connectivity index (χ1v) is 6.84. The Hall–Kier alpha value is -0.330. The molecule has 0 bridgehead atoms. The summed E-state index contributed by atoms with van der Waals surface area (Å²) >= 11 is 0. The zero-order valence-electron chi connectivity index (χ0n) is 10.3. The van der Waals surface area contributed by atoms with Crippen LogP contribution in [-0.4, -0.2) is 5.78 Å². The summed E-state index contributed by atoms with van der Waals surface area (Å²) in [5.74, 6) is 1.43. The van der Waals surface area contributed by atoms with E-state index in [0.717, 1.165) is 31.6 Å². The van der Waals surface area contributed by atoms with Gasteiger partial charge < -0.3 is 0 Å². The first-order valence-electron chi connectivity index (χ1n) is 6.84. The third-order valence-electron chi connectivity index (χ3n) is 3.71. The van der Waals surface area contributed by atoms with Crippen molar-refractivity contribution in [1.82, 2.24) is 0 Å². The van der Waals surface area contributed by atoms with E-state index in [4.69, 9.17) is 0 Å². The Balaban J connectivity index is 2.27. The monoisotopic (exact) mass is 210 g/mol. The second-order valence-electron chi connectivity index (χ2n) is 5.01. The fourth-order valence-electron chi connectivity index (χ4n) is 2.54. The van der Waals surface area contributed by atoms with Gasteiger partial charge in [-0.3, -0.25) is 4.79 Å². The van der Waals surface area contributed by atoms with Crippen LogP contribution in [0.5, 0.6) is 0 Å². The van der Waals surface area contributed by atoms with Crippen molar-refractivity contribution in [1.29, 1.82) is 0 Å². The maximum atomic E-state index is 11.5. The number of carbonyl (C=O) groups excluding carboxylic acids is 1. The predicted octanol–water partition coefficient (Wildman–Crippen LogP) is 4.50. The van der Waals surface area contributed by atoms with Crippen molar-refractivity contribution in [3.05, 3.63) is 0 Å². The minimum Gasteiger partial charge on any atom is -0.300 e. The van der Waals surface area contributed by atoms with Crippen molar-refractivity contribution >= 4 is 5.78 Å². The van der Waals surface area contributed by atoms with Gasteiger partial charge in [-0.15, -0.1) is 0 Å². The highest BCUT2D eigenvalue weighted by molar-refractivity contribution is 5.78. The zero-order valence-corrected chi connectivity index (χ0v) is 10.3. The fraction of sp³-hybridized carbons (Fsp3) is 0.929. The van der Waals surface area contributed by atoms with Crippen LogP contribution in [0.2, 0.25) is 0 Å². The van der Waals surface area contributed by atoms with Crippen LogP contribution in [0.25, 0.3) is 0 Å². The topological polar surface area (TPSA) is 17.1 Å². The standard InChI is InChI=1S/C14H26O/c1-2-13-9-5-3-4-6-11-14(15)12-8-7-10-13/h13H,2-12H2,1H3. The van der Waals surface area contributed by atoms with Gasteiger partial charge in [0.05, 0.1) is 0 Å². The highest BCUT2D eigenvalue weighted by Gasteiger charge is 2.08. The summed E-state index contributed by atoms with van der Waals surface area (Å²) in [5, 5.41) is 0. The molecule has 1 saturated carbocycles. The molecule has 1 atom stereocenters. The van der Waals surface area contributed by atoms with Crippen LogP contribution in [0, 0.1) is 5.92 Å². The van der Waals surface area contributed by atoms with Crippen LogP contribution in [0.15, 0.2) is 0 Å². The summed E-state index contributed by atoms with van der Waals surface area (Å²) in [5.41, 5.74) is 0. The number of ketones is 1. The van der Waals surface area contributed by atoms with Crippen molar-refractivity contribution in [2.45, 2.75) is 77.6 Å². The molecule has 88 valence electrons. The molecule has 1 nitrogen and oxygen atoms in total. The maximum Gasteiger partial charge on any atom is 0.132 e. The maximum absolute atomic E-state index is 11.5. The Morgan fingerprint density at radius 1 is 0.933 bits per heavy atom. The smallest absolute Gasteiger partial charge is 0.132 e. The lowest BCUT2D eigenvalue weighted by Gasteiger charge is -2.15. The number of Topliss-reactive ketones (excluding diaryl/α,β-unsaturated/α-hetero) is 1. The average Bonchev–Trinajstić information content (AvgIpc) is 2.23. The highest BCUT2D eigenvalue weighted by Crippen LogP contribution is 2.22. The van der Waals surface area contributed by atoms with E-state index in [1.807, 2.05) is 0 Å². The Morgan fingerprint density at radius 3 is 2.13 bits per heavy atom. The van der Waals surface area contributed by atoms with Gasteiger partial charge in [-0.25, -0.2) is 0 Å². The van der Waals surface area contributed by atoms with E-state index in [9.17, 15) is 4.79 Å². The van der Waals surface area contributed by atoms with E-state index in [1.54, 1.807) is 0 Å². The number of carbonyl (C=O) groups is 1. The van der Waals surface area contributed by atoms with Crippen LogP contribution in [-0.2, 0) is 4.79 Å². The van der Waals surface area contributed by atoms with Gasteiger partial charge in [-0.05, 0) is 18.8 Å². The Labute approximate surface area is 94.6 Å². The first kappa shape index (κ1) is 12.7. The molecule has 1 aliphatic rings. The highest BCUT2D eigenvalue weighted by atomic mass is 16.1. The molecule has 0 amide bonds. The number of rotatable bonds is 1. The molecule has 0 N–H and O–H groups in total. The Kier molecular flexibility index (Phi) is 6.71. The molecule has 0 aromatic carbocycles. The average molecular weight is 210 g/mol. The summed E-state index contributed by atoms with van der Waals surface area (Å²) < 4.78 is 0. The van der Waals surface area contributed by atoms with Crippen LogP contribution in [0.3, 0.4) is 0 Å². The van der Waals surface area contributed by atoms with Gasteiger partial charge in [0.2, 0.25) is 0 Å². The Bertz CT molecular complexity index is 174. The summed E-state index contributed by atoms with van der Waals surface area (Å²) in [6.07, 6.45) is 13.3. The molecular formula is C14H26O. The molecule has 15 heavy (non-hydrogen) atoms. The molecule has 1 unspecified atom stereocenters. The summed E-state index contributed by atoms with van der Waals surface area (Å²) in [6, 6.07) is 0. The molecule has 0 aromatic rings. The van der Waals surface area contributed by atoms with Gasteiger partial charge in [0, 0.05) is 12.8 Å². The lowest BCUT2D eigenvalue weighted by molar-refractivity contribution is -0.119. The molecule has 1 fully saturated rings. The van der Waals surface area contributed by atoms with Gasteiger partial charge in [0.25, 0.3) is 0 Å². The van der Waals surface area contributed by atoms with Gasteiger partial charge in [0.15, 0.2) is 0 Å². The van der Waals surface area contributed by atoms with Gasteiger partial charge in [-0.2, -0.15) is 0 Å². The Morgan fingerprint density at radius 2 is 1.47 bits per heavy atom. The largest absolute Gasteiger partial charge is 0.300 e. The summed E-state index contributed by atoms with van der Waals surface area (Å²) in [4.78, 5) is 11.5. The van der Waals surface area contributed by atoms with Crippen molar-refractivity contribution in [2.24, 2.45) is 5.92 Å². The summed E-state index contributed by atoms with van der Waals surface area (Å²) in [6.45, 7) is 2.31. The first-order chi connectivity index (χ1) is 7.33. The van der Waals surface area contributed by atoms with Gasteiger partial charge in [0.1, 0.15) is 5.78 Å². The van der Waals surface area contributed by atoms with Crippen molar-refractivity contribution in [3.63, 3.8) is 0 Å². The SMILES string of the molecule is CCC1CCCCCCC(=O)CCCC1. The lowest BCUT2D eigenvalue weighted by atomic mass is 9.91. The molecule has 1 heteroatoms.